The molecule has 18 heavy (non-hydrogen) atoms. The molecular formula is C14H19NO2Si. The van der Waals surface area contributed by atoms with E-state index >= 15 is 0 Å². The summed E-state index contributed by atoms with van der Waals surface area (Å²) in [6.45, 7) is 7.31. The third-order valence-corrected chi connectivity index (χ3v) is 7.59. The minimum Gasteiger partial charge on any atom is -0.454 e. The fourth-order valence-corrected chi connectivity index (χ4v) is 5.56. The Kier molecular flexibility index (Phi) is 2.54. The summed E-state index contributed by atoms with van der Waals surface area (Å²) in [6.07, 6.45) is 2.29. The number of nitrogens with one attached hydrogen (secondary N) is 1. The lowest BCUT2D eigenvalue weighted by molar-refractivity contribution is 0.174. The van der Waals surface area contributed by atoms with Crippen molar-refractivity contribution in [3.8, 4) is 11.5 Å². The van der Waals surface area contributed by atoms with Crippen LogP contribution in [0.5, 0.6) is 11.5 Å². The highest BCUT2D eigenvalue weighted by atomic mass is 28.3. The zero-order valence-corrected chi connectivity index (χ0v) is 12.3. The second kappa shape index (κ2) is 3.86. The van der Waals surface area contributed by atoms with Crippen molar-refractivity contribution in [2.75, 3.05) is 13.8 Å². The number of hydrogen-bond donors (Lipinski definition) is 1. The fraction of sp³-hybridized carbons (Fsp3) is 0.429. The van der Waals surface area contributed by atoms with E-state index in [0.29, 0.717) is 12.3 Å². The lowest BCUT2D eigenvalue weighted by Crippen LogP contribution is -2.48. The summed E-state index contributed by atoms with van der Waals surface area (Å²) in [7, 11) is 0.568. The van der Waals surface area contributed by atoms with E-state index in [9.17, 15) is 0 Å². The minimum absolute atomic E-state index is 0.346. The second-order valence-corrected chi connectivity index (χ2v) is 10.1. The Hall–Kier alpha value is -1.26. The number of hydrogen-bond acceptors (Lipinski definition) is 3. The number of benzene rings is 1. The Balaban J connectivity index is 2.11. The smallest absolute Gasteiger partial charge is 0.231 e. The molecule has 1 aromatic carbocycles. The lowest BCUT2D eigenvalue weighted by Gasteiger charge is -2.31. The summed E-state index contributed by atoms with van der Waals surface area (Å²) in [4.78, 5) is 3.55. The van der Waals surface area contributed by atoms with Crippen molar-refractivity contribution in [3.05, 3.63) is 28.8 Å². The first-order valence-corrected chi connectivity index (χ1v) is 9.41. The van der Waals surface area contributed by atoms with Gasteiger partial charge in [-0.15, -0.1) is 0 Å². The molecule has 1 aliphatic heterocycles. The van der Waals surface area contributed by atoms with Gasteiger partial charge in [0.2, 0.25) is 6.79 Å². The molecule has 3 rings (SSSR count). The fourth-order valence-electron chi connectivity index (χ4n) is 3.02. The molecule has 0 radical (unpaired) electrons. The van der Waals surface area contributed by atoms with Gasteiger partial charge in [0, 0.05) is 5.54 Å². The van der Waals surface area contributed by atoms with Crippen LogP contribution in [0.3, 0.4) is 0 Å². The van der Waals surface area contributed by atoms with Gasteiger partial charge in [-0.3, -0.25) is 0 Å². The third-order valence-electron chi connectivity index (χ3n) is 4.09. The van der Waals surface area contributed by atoms with Gasteiger partial charge in [0.05, 0.1) is 0 Å². The molecule has 0 aromatic heterocycles. The molecule has 0 saturated carbocycles. The molecule has 0 spiro atoms. The maximum atomic E-state index is 5.50. The average molecular weight is 261 g/mol. The molecule has 1 atom stereocenters. The van der Waals surface area contributed by atoms with Gasteiger partial charge in [-0.1, -0.05) is 24.7 Å². The molecule has 0 saturated heterocycles. The first-order chi connectivity index (χ1) is 8.53. The van der Waals surface area contributed by atoms with Crippen molar-refractivity contribution < 1.29 is 9.47 Å². The monoisotopic (exact) mass is 261 g/mol. The summed E-state index contributed by atoms with van der Waals surface area (Å²) in [5.74, 6) is 1.77. The zero-order chi connectivity index (χ0) is 12.9. The van der Waals surface area contributed by atoms with Gasteiger partial charge in [-0.2, -0.15) is 0 Å². The number of allylic oxidation sites excluding steroid dienone is 1. The van der Waals surface area contributed by atoms with E-state index < -0.39 is 8.24 Å². The van der Waals surface area contributed by atoms with Crippen LogP contribution in [0.2, 0.25) is 13.1 Å². The molecule has 2 aliphatic rings. The van der Waals surface area contributed by atoms with Crippen LogP contribution in [-0.4, -0.2) is 22.1 Å². The minimum atomic E-state index is -1.51. The van der Waals surface area contributed by atoms with Crippen LogP contribution in [0.1, 0.15) is 23.6 Å². The van der Waals surface area contributed by atoms with Crippen LogP contribution in [0.4, 0.5) is 0 Å². The number of ether oxygens (including phenoxy) is 2. The molecule has 96 valence electrons. The summed E-state index contributed by atoms with van der Waals surface area (Å²) in [6, 6.07) is 4.28. The Bertz CT molecular complexity index is 537. The quantitative estimate of drug-likeness (QED) is 0.830. The third kappa shape index (κ3) is 1.60. The number of rotatable bonds is 2. The van der Waals surface area contributed by atoms with Gasteiger partial charge in [-0.25, -0.2) is 0 Å². The second-order valence-electron chi connectivity index (χ2n) is 5.63. The molecule has 1 aromatic rings. The summed E-state index contributed by atoms with van der Waals surface area (Å²) in [5.41, 5.74) is 4.65. The standard InChI is InChI=1S/C14H19NO2Si/c1-9-5-10-6-12-13(17-8-16-12)7-11(10)14(9)18(3,4)15-2/h5-7,14-15H,8H2,1-4H3. The van der Waals surface area contributed by atoms with Gasteiger partial charge in [0.1, 0.15) is 8.24 Å². The average Bonchev–Trinajstić information content (AvgIpc) is 2.88. The molecule has 0 amide bonds. The van der Waals surface area contributed by atoms with Gasteiger partial charge in [0.15, 0.2) is 11.5 Å². The van der Waals surface area contributed by atoms with Crippen LogP contribution in [0.25, 0.3) is 6.08 Å². The van der Waals surface area contributed by atoms with E-state index in [1.165, 1.54) is 16.7 Å². The van der Waals surface area contributed by atoms with Crippen LogP contribution in [0.15, 0.2) is 17.7 Å². The molecule has 4 heteroatoms. The van der Waals surface area contributed by atoms with E-state index in [1.54, 1.807) is 0 Å². The van der Waals surface area contributed by atoms with Crippen molar-refractivity contribution in [2.24, 2.45) is 0 Å². The highest BCUT2D eigenvalue weighted by molar-refractivity contribution is 6.77. The largest absolute Gasteiger partial charge is 0.454 e. The SMILES string of the molecule is CN[Si](C)(C)C1C(C)=Cc2cc3c(cc21)OCO3. The Morgan fingerprint density at radius 1 is 1.22 bits per heavy atom. The maximum absolute atomic E-state index is 5.50. The van der Waals surface area contributed by atoms with E-state index in [-0.39, 0.29) is 0 Å². The molecule has 3 nitrogen and oxygen atoms in total. The summed E-state index contributed by atoms with van der Waals surface area (Å²) >= 11 is 0. The van der Waals surface area contributed by atoms with Crippen LogP contribution in [0, 0.1) is 0 Å². The highest BCUT2D eigenvalue weighted by Gasteiger charge is 2.38. The molecule has 1 heterocycles. The molecule has 1 aliphatic carbocycles. The van der Waals surface area contributed by atoms with E-state index in [0.717, 1.165) is 11.5 Å². The van der Waals surface area contributed by atoms with Crippen molar-refractivity contribution in [1.29, 1.82) is 0 Å². The molecule has 1 unspecified atom stereocenters. The van der Waals surface area contributed by atoms with Crippen molar-refractivity contribution in [3.63, 3.8) is 0 Å². The van der Waals surface area contributed by atoms with Crippen molar-refractivity contribution in [1.82, 2.24) is 4.98 Å². The van der Waals surface area contributed by atoms with Crippen LogP contribution in [-0.2, 0) is 0 Å². The van der Waals surface area contributed by atoms with Crippen LogP contribution >= 0.6 is 0 Å². The summed E-state index contributed by atoms with van der Waals surface area (Å²) < 4.78 is 11.0. The predicted molar refractivity (Wildman–Crippen MR) is 75.5 cm³/mol. The molecule has 0 bridgehead atoms. The summed E-state index contributed by atoms with van der Waals surface area (Å²) in [5, 5.41) is 0. The highest BCUT2D eigenvalue weighted by Crippen LogP contribution is 2.46. The van der Waals surface area contributed by atoms with Gasteiger partial charge < -0.3 is 14.5 Å². The first kappa shape index (κ1) is 11.8. The van der Waals surface area contributed by atoms with E-state index in [1.807, 2.05) is 0 Å². The predicted octanol–water partition coefficient (Wildman–Crippen LogP) is 2.88. The van der Waals surface area contributed by atoms with E-state index in [4.69, 9.17) is 9.47 Å². The topological polar surface area (TPSA) is 30.5 Å². The van der Waals surface area contributed by atoms with Gasteiger partial charge in [-0.05, 0) is 37.2 Å². The van der Waals surface area contributed by atoms with Crippen molar-refractivity contribution >= 4 is 14.3 Å². The van der Waals surface area contributed by atoms with E-state index in [2.05, 4.69) is 50.3 Å². The molecular weight excluding hydrogens is 242 g/mol. The Labute approximate surface area is 109 Å². The molecule has 1 N–H and O–H groups in total. The maximum Gasteiger partial charge on any atom is 0.231 e. The zero-order valence-electron chi connectivity index (χ0n) is 11.3. The van der Waals surface area contributed by atoms with Gasteiger partial charge in [0.25, 0.3) is 0 Å². The Morgan fingerprint density at radius 3 is 2.56 bits per heavy atom. The van der Waals surface area contributed by atoms with Crippen LogP contribution < -0.4 is 14.5 Å². The Morgan fingerprint density at radius 2 is 1.89 bits per heavy atom. The van der Waals surface area contributed by atoms with Crippen molar-refractivity contribution in [2.45, 2.75) is 25.6 Å². The first-order valence-electron chi connectivity index (χ1n) is 6.33. The number of fused-ring (bicyclic) bond motifs is 2. The molecule has 0 fully saturated rings. The lowest BCUT2D eigenvalue weighted by atomic mass is 10.1. The van der Waals surface area contributed by atoms with Gasteiger partial charge >= 0.3 is 0 Å². The normalized spacial score (nSPS) is 20.9.